The summed E-state index contributed by atoms with van der Waals surface area (Å²) >= 11 is 0.956. The Labute approximate surface area is 83.9 Å². The smallest absolute Gasteiger partial charge is 0.273 e. The molecule has 2 rings (SSSR count). The van der Waals surface area contributed by atoms with Crippen molar-refractivity contribution < 1.29 is 14.0 Å². The lowest BCUT2D eigenvalue weighted by Gasteiger charge is -2.11. The fraction of sp³-hybridized carbons (Fsp3) is 0.111. The Kier molecular flexibility index (Phi) is 2.25. The molecule has 1 fully saturated rings. The third kappa shape index (κ3) is 1.50. The number of imide groups is 1. The standard InChI is InChI=1S/C9H6FNO2S/c10-6-1-3-7(4-2-6)11-8(12)5-14-9(11)13/h1-4H,5H2. The van der Waals surface area contributed by atoms with Gasteiger partial charge in [-0.1, -0.05) is 11.8 Å². The normalized spacial score (nSPS) is 16.5. The minimum Gasteiger partial charge on any atom is -0.273 e. The van der Waals surface area contributed by atoms with Crippen molar-refractivity contribution in [3.8, 4) is 0 Å². The summed E-state index contributed by atoms with van der Waals surface area (Å²) in [5, 5.41) is -0.304. The van der Waals surface area contributed by atoms with E-state index in [1.165, 1.54) is 24.3 Å². The van der Waals surface area contributed by atoms with Gasteiger partial charge in [-0.3, -0.25) is 9.59 Å². The van der Waals surface area contributed by atoms with Crippen LogP contribution in [0.25, 0.3) is 0 Å². The number of nitrogens with zero attached hydrogens (tertiary/aromatic N) is 1. The van der Waals surface area contributed by atoms with E-state index in [1.807, 2.05) is 0 Å². The Morgan fingerprint density at radius 1 is 1.21 bits per heavy atom. The maximum absolute atomic E-state index is 12.6. The molecule has 0 aliphatic carbocycles. The molecule has 0 N–H and O–H groups in total. The third-order valence-corrected chi connectivity index (χ3v) is 2.66. The molecular weight excluding hydrogens is 205 g/mol. The number of carbonyl (C=O) groups is 2. The number of halogens is 1. The molecule has 3 nitrogen and oxygen atoms in total. The van der Waals surface area contributed by atoms with Gasteiger partial charge in [-0.25, -0.2) is 9.29 Å². The van der Waals surface area contributed by atoms with Crippen molar-refractivity contribution in [1.29, 1.82) is 0 Å². The van der Waals surface area contributed by atoms with Crippen molar-refractivity contribution in [3.05, 3.63) is 30.1 Å². The summed E-state index contributed by atoms with van der Waals surface area (Å²) in [6, 6.07) is 5.27. The van der Waals surface area contributed by atoms with Crippen molar-refractivity contribution in [1.82, 2.24) is 0 Å². The van der Waals surface area contributed by atoms with Crippen molar-refractivity contribution in [2.45, 2.75) is 0 Å². The van der Waals surface area contributed by atoms with Crippen LogP contribution in [0.5, 0.6) is 0 Å². The zero-order valence-corrected chi connectivity index (χ0v) is 7.88. The number of rotatable bonds is 1. The topological polar surface area (TPSA) is 37.4 Å². The minimum atomic E-state index is -0.388. The van der Waals surface area contributed by atoms with Gasteiger partial charge < -0.3 is 0 Å². The van der Waals surface area contributed by atoms with E-state index in [0.29, 0.717) is 5.69 Å². The summed E-state index contributed by atoms with van der Waals surface area (Å²) in [7, 11) is 0. The lowest BCUT2D eigenvalue weighted by molar-refractivity contribution is -0.115. The molecule has 0 unspecified atom stereocenters. The molecule has 1 heterocycles. The second-order valence-corrected chi connectivity index (χ2v) is 3.69. The van der Waals surface area contributed by atoms with E-state index in [4.69, 9.17) is 0 Å². The molecule has 1 aromatic rings. The summed E-state index contributed by atoms with van der Waals surface area (Å²) in [4.78, 5) is 23.6. The molecule has 0 bridgehead atoms. The van der Waals surface area contributed by atoms with E-state index in [1.54, 1.807) is 0 Å². The van der Waals surface area contributed by atoms with Crippen LogP contribution in [0.1, 0.15) is 0 Å². The van der Waals surface area contributed by atoms with Gasteiger partial charge in [0.1, 0.15) is 5.82 Å². The highest BCUT2D eigenvalue weighted by Gasteiger charge is 2.31. The fourth-order valence-corrected chi connectivity index (χ4v) is 1.91. The number of benzene rings is 1. The van der Waals surface area contributed by atoms with Gasteiger partial charge in [0.15, 0.2) is 0 Å². The lowest BCUT2D eigenvalue weighted by atomic mass is 10.3. The summed E-state index contributed by atoms with van der Waals surface area (Å²) < 4.78 is 12.6. The van der Waals surface area contributed by atoms with Crippen LogP contribution in [0.2, 0.25) is 0 Å². The molecule has 1 aliphatic heterocycles. The van der Waals surface area contributed by atoms with Crippen molar-refractivity contribution in [2.24, 2.45) is 0 Å². The quantitative estimate of drug-likeness (QED) is 0.713. The second-order valence-electron chi connectivity index (χ2n) is 2.76. The highest BCUT2D eigenvalue weighted by molar-refractivity contribution is 8.15. The highest BCUT2D eigenvalue weighted by Crippen LogP contribution is 2.26. The summed E-state index contributed by atoms with van der Waals surface area (Å²) in [6.45, 7) is 0. The molecule has 2 amide bonds. The van der Waals surface area contributed by atoms with Crippen LogP contribution < -0.4 is 4.90 Å². The van der Waals surface area contributed by atoms with Crippen molar-refractivity contribution in [2.75, 3.05) is 10.7 Å². The number of thioether (sulfide) groups is 1. The minimum absolute atomic E-state index is 0.163. The molecule has 0 radical (unpaired) electrons. The number of hydrogen-bond donors (Lipinski definition) is 0. The van der Waals surface area contributed by atoms with Crippen LogP contribution in [-0.4, -0.2) is 16.9 Å². The third-order valence-electron chi connectivity index (χ3n) is 1.84. The Morgan fingerprint density at radius 3 is 2.36 bits per heavy atom. The zero-order chi connectivity index (χ0) is 10.1. The Bertz CT molecular complexity index is 374. The van der Waals surface area contributed by atoms with E-state index in [9.17, 15) is 14.0 Å². The lowest BCUT2D eigenvalue weighted by Crippen LogP contribution is -2.27. The average Bonchev–Trinajstić information content (AvgIpc) is 2.49. The van der Waals surface area contributed by atoms with Crippen LogP contribution in [-0.2, 0) is 4.79 Å². The summed E-state index contributed by atoms with van der Waals surface area (Å²) in [5.41, 5.74) is 0.423. The van der Waals surface area contributed by atoms with E-state index >= 15 is 0 Å². The molecule has 1 aromatic carbocycles. The molecule has 1 saturated heterocycles. The summed E-state index contributed by atoms with van der Waals surface area (Å²) in [6.07, 6.45) is 0. The van der Waals surface area contributed by atoms with Gasteiger partial charge in [0.05, 0.1) is 11.4 Å². The van der Waals surface area contributed by atoms with Gasteiger partial charge >= 0.3 is 0 Å². The first-order chi connectivity index (χ1) is 6.68. The molecule has 1 aliphatic rings. The predicted octanol–water partition coefficient (Wildman–Crippen LogP) is 2.03. The van der Waals surface area contributed by atoms with E-state index < -0.39 is 0 Å². The van der Waals surface area contributed by atoms with Crippen LogP contribution in [0.4, 0.5) is 14.9 Å². The molecule has 5 heteroatoms. The van der Waals surface area contributed by atoms with Crippen molar-refractivity contribution in [3.63, 3.8) is 0 Å². The molecule has 0 aromatic heterocycles. The van der Waals surface area contributed by atoms with E-state index in [2.05, 4.69) is 0 Å². The molecule has 14 heavy (non-hydrogen) atoms. The maximum atomic E-state index is 12.6. The Balaban J connectivity index is 2.34. The van der Waals surface area contributed by atoms with Crippen molar-refractivity contribution >= 4 is 28.6 Å². The average molecular weight is 211 g/mol. The zero-order valence-electron chi connectivity index (χ0n) is 7.07. The van der Waals surface area contributed by atoms with Gasteiger partial charge in [-0.2, -0.15) is 0 Å². The first kappa shape index (κ1) is 9.21. The first-order valence-electron chi connectivity index (χ1n) is 3.94. The van der Waals surface area contributed by atoms with E-state index in [-0.39, 0.29) is 22.7 Å². The number of hydrogen-bond acceptors (Lipinski definition) is 3. The Hall–Kier alpha value is -1.36. The predicted molar refractivity (Wildman–Crippen MR) is 51.7 cm³/mol. The molecule has 0 spiro atoms. The molecular formula is C9H6FNO2S. The number of carbonyl (C=O) groups excluding carboxylic acids is 2. The number of amides is 2. The van der Waals surface area contributed by atoms with Gasteiger partial charge in [0, 0.05) is 0 Å². The van der Waals surface area contributed by atoms with Crippen LogP contribution in [0, 0.1) is 5.82 Å². The summed E-state index contributed by atoms with van der Waals surface area (Å²) in [5.74, 6) is -0.483. The van der Waals surface area contributed by atoms with Gasteiger partial charge in [-0.05, 0) is 24.3 Å². The highest BCUT2D eigenvalue weighted by atomic mass is 32.2. The SMILES string of the molecule is O=C1CSC(=O)N1c1ccc(F)cc1. The first-order valence-corrected chi connectivity index (χ1v) is 4.92. The molecule has 72 valence electrons. The monoisotopic (exact) mass is 211 g/mol. The van der Waals surface area contributed by atoms with Gasteiger partial charge in [-0.15, -0.1) is 0 Å². The second kappa shape index (κ2) is 3.42. The van der Waals surface area contributed by atoms with Crippen LogP contribution in [0.3, 0.4) is 0 Å². The Morgan fingerprint density at radius 2 is 1.86 bits per heavy atom. The van der Waals surface area contributed by atoms with Gasteiger partial charge in [0.2, 0.25) is 5.91 Å². The van der Waals surface area contributed by atoms with E-state index in [0.717, 1.165) is 16.7 Å². The maximum Gasteiger partial charge on any atom is 0.293 e. The van der Waals surface area contributed by atoms with Crippen LogP contribution in [0.15, 0.2) is 24.3 Å². The fourth-order valence-electron chi connectivity index (χ4n) is 1.19. The number of anilines is 1. The molecule has 0 atom stereocenters. The van der Waals surface area contributed by atoms with Gasteiger partial charge in [0.25, 0.3) is 5.24 Å². The largest absolute Gasteiger partial charge is 0.293 e. The molecule has 0 saturated carbocycles. The van der Waals surface area contributed by atoms with Crippen LogP contribution >= 0.6 is 11.8 Å².